The zero-order valence-electron chi connectivity index (χ0n) is 23.9. The Bertz CT molecular complexity index is 1370. The van der Waals surface area contributed by atoms with Gasteiger partial charge in [-0.3, -0.25) is 14.5 Å². The summed E-state index contributed by atoms with van der Waals surface area (Å²) in [6, 6.07) is 17.2. The van der Waals surface area contributed by atoms with Gasteiger partial charge in [-0.05, 0) is 66.8 Å². The van der Waals surface area contributed by atoms with Crippen LogP contribution in [-0.2, 0) is 29.6 Å². The van der Waals surface area contributed by atoms with E-state index in [9.17, 15) is 14.7 Å². The van der Waals surface area contributed by atoms with Crippen LogP contribution in [0, 0.1) is 5.92 Å². The smallest absolute Gasteiger partial charge is 0.308 e. The molecule has 3 atom stereocenters. The number of rotatable bonds is 12. The maximum atomic E-state index is 14.0. The number of hydrogen-bond donors (Lipinski definition) is 2. The molecular weight excluding hydrogens is 520 g/mol. The monoisotopic (exact) mass is 560 g/mol. The van der Waals surface area contributed by atoms with E-state index in [1.807, 2.05) is 66.7 Å². The molecule has 2 aliphatic rings. The molecule has 0 saturated carbocycles. The average Bonchev–Trinajstić information content (AvgIpc) is 3.70. The number of unbranched alkanes of at least 4 members (excludes halogenated alkanes) is 1. The number of carbonyl (C=O) groups excluding carboxylic acids is 1. The molecule has 1 aromatic heterocycles. The van der Waals surface area contributed by atoms with Gasteiger partial charge in [0.25, 0.3) is 0 Å². The van der Waals surface area contributed by atoms with Crippen LogP contribution in [0.2, 0.25) is 0 Å². The minimum atomic E-state index is -0.849. The lowest BCUT2D eigenvalue weighted by atomic mass is 9.83. The molecule has 3 N–H and O–H groups in total. The number of likely N-dealkylation sites (tertiary alicyclic amines) is 1. The van der Waals surface area contributed by atoms with E-state index in [2.05, 4.69) is 22.5 Å². The molecule has 9 nitrogen and oxygen atoms in total. The first-order valence-corrected chi connectivity index (χ1v) is 14.5. The lowest BCUT2D eigenvalue weighted by molar-refractivity contribution is -0.143. The Morgan fingerprint density at radius 1 is 1.10 bits per heavy atom. The second-order valence-electron chi connectivity index (χ2n) is 11.0. The maximum absolute atomic E-state index is 14.0. The van der Waals surface area contributed by atoms with Crippen molar-refractivity contribution in [3.63, 3.8) is 0 Å². The first-order valence-electron chi connectivity index (χ1n) is 14.5. The van der Waals surface area contributed by atoms with Crippen LogP contribution in [-0.4, -0.2) is 58.9 Å². The molecule has 2 aromatic carbocycles. The number of aliphatic carboxylic acids is 1. The molecule has 0 radical (unpaired) electrons. The van der Waals surface area contributed by atoms with E-state index in [1.54, 1.807) is 0 Å². The Hall–Kier alpha value is -3.82. The molecule has 3 aromatic rings. The fraction of sp³-hybridized carbons (Fsp3) is 0.438. The van der Waals surface area contributed by atoms with Gasteiger partial charge >= 0.3 is 5.97 Å². The van der Waals surface area contributed by atoms with Crippen LogP contribution in [0.1, 0.15) is 48.9 Å². The lowest BCUT2D eigenvalue weighted by Gasteiger charge is -2.30. The van der Waals surface area contributed by atoms with Crippen LogP contribution in [0.15, 0.2) is 60.8 Å². The molecule has 41 heavy (non-hydrogen) atoms. The molecule has 0 bridgehead atoms. The summed E-state index contributed by atoms with van der Waals surface area (Å²) in [4.78, 5) is 30.8. The summed E-state index contributed by atoms with van der Waals surface area (Å²) in [7, 11) is 2.00. The second-order valence-corrected chi connectivity index (χ2v) is 11.0. The van der Waals surface area contributed by atoms with Gasteiger partial charge in [0.15, 0.2) is 11.5 Å². The number of nitrogens with two attached hydrogens (primary N) is 1. The largest absolute Gasteiger partial charge is 0.481 e. The van der Waals surface area contributed by atoms with Crippen molar-refractivity contribution in [2.45, 2.75) is 51.1 Å². The summed E-state index contributed by atoms with van der Waals surface area (Å²) >= 11 is 0. The molecule has 3 unspecified atom stereocenters. The van der Waals surface area contributed by atoms with Crippen LogP contribution in [0.25, 0.3) is 0 Å². The summed E-state index contributed by atoms with van der Waals surface area (Å²) < 4.78 is 13.1. The molecule has 9 heteroatoms. The topological polar surface area (TPSA) is 110 Å². The van der Waals surface area contributed by atoms with Gasteiger partial charge in [0.1, 0.15) is 0 Å². The van der Waals surface area contributed by atoms with Gasteiger partial charge in [-0.1, -0.05) is 31.5 Å². The highest BCUT2D eigenvalue weighted by Crippen LogP contribution is 2.43. The minimum Gasteiger partial charge on any atom is -0.481 e. The van der Waals surface area contributed by atoms with Crippen molar-refractivity contribution in [2.75, 3.05) is 31.3 Å². The van der Waals surface area contributed by atoms with Gasteiger partial charge in [0.2, 0.25) is 12.7 Å². The third-order valence-electron chi connectivity index (χ3n) is 8.44. The number of benzene rings is 2. The summed E-state index contributed by atoms with van der Waals surface area (Å²) in [6.45, 7) is 3.86. The van der Waals surface area contributed by atoms with Crippen molar-refractivity contribution in [1.29, 1.82) is 0 Å². The molecule has 1 saturated heterocycles. The van der Waals surface area contributed by atoms with Gasteiger partial charge in [-0.25, -0.2) is 0 Å². The van der Waals surface area contributed by atoms with Crippen LogP contribution < -0.4 is 20.1 Å². The fourth-order valence-corrected chi connectivity index (χ4v) is 6.21. The molecule has 218 valence electrons. The van der Waals surface area contributed by atoms with E-state index in [4.69, 9.17) is 15.2 Å². The summed E-state index contributed by atoms with van der Waals surface area (Å²) in [5, 5.41) is 10.5. The molecule has 0 spiro atoms. The van der Waals surface area contributed by atoms with Gasteiger partial charge in [-0.2, -0.15) is 0 Å². The van der Waals surface area contributed by atoms with Crippen molar-refractivity contribution in [3.05, 3.63) is 77.6 Å². The standard InChI is InChI=1S/C32H40N4O5/c1-3-4-15-36(25-8-5-7-22(16-25)18-33)30(37)20-35-19-26(23-10-13-28-29(17-23)41-21-40-28)31(32(38)39)27(35)12-11-24-9-6-14-34(24)2/h5-10,13-14,16-17,26-27,31H,3-4,11-12,15,18-21,33H2,1-2H3,(H,38,39). The van der Waals surface area contributed by atoms with E-state index < -0.39 is 11.9 Å². The number of anilines is 1. The predicted molar refractivity (Wildman–Crippen MR) is 157 cm³/mol. The minimum absolute atomic E-state index is 0.0352. The summed E-state index contributed by atoms with van der Waals surface area (Å²) in [6.07, 6.45) is 5.16. The molecule has 0 aliphatic carbocycles. The molecule has 1 amide bonds. The molecule has 5 rings (SSSR count). The van der Waals surface area contributed by atoms with E-state index in [0.717, 1.165) is 35.3 Å². The Balaban J connectivity index is 1.44. The third-order valence-corrected chi connectivity index (χ3v) is 8.44. The van der Waals surface area contributed by atoms with Crippen LogP contribution in [0.3, 0.4) is 0 Å². The maximum Gasteiger partial charge on any atom is 0.308 e. The van der Waals surface area contributed by atoms with Crippen molar-refractivity contribution < 1.29 is 24.2 Å². The zero-order chi connectivity index (χ0) is 28.9. The number of carboxylic acids is 1. The zero-order valence-corrected chi connectivity index (χ0v) is 23.9. The first kappa shape index (κ1) is 28.7. The number of amides is 1. The Morgan fingerprint density at radius 3 is 2.66 bits per heavy atom. The van der Waals surface area contributed by atoms with Gasteiger partial charge in [0, 0.05) is 56.2 Å². The highest BCUT2D eigenvalue weighted by molar-refractivity contribution is 5.95. The first-order chi connectivity index (χ1) is 19.9. The summed E-state index contributed by atoms with van der Waals surface area (Å²) in [5.74, 6) is -0.555. The SMILES string of the molecule is CCCCN(C(=O)CN1CC(c2ccc3c(c2)OCO3)C(C(=O)O)C1CCc1cccn1C)c1cccc(CN)c1. The fourth-order valence-electron chi connectivity index (χ4n) is 6.21. The number of aromatic nitrogens is 1. The number of carbonyl (C=O) groups is 2. The van der Waals surface area contributed by atoms with Crippen LogP contribution in [0.4, 0.5) is 5.69 Å². The third kappa shape index (κ3) is 6.26. The highest BCUT2D eigenvalue weighted by atomic mass is 16.7. The van der Waals surface area contributed by atoms with Crippen LogP contribution in [0.5, 0.6) is 11.5 Å². The predicted octanol–water partition coefficient (Wildman–Crippen LogP) is 4.15. The average molecular weight is 561 g/mol. The van der Waals surface area contributed by atoms with Gasteiger partial charge in [-0.15, -0.1) is 0 Å². The molecular formula is C32H40N4O5. The quantitative estimate of drug-likeness (QED) is 0.343. The molecule has 2 aliphatic heterocycles. The highest BCUT2D eigenvalue weighted by Gasteiger charge is 2.47. The van der Waals surface area contributed by atoms with Crippen molar-refractivity contribution >= 4 is 17.6 Å². The van der Waals surface area contributed by atoms with Gasteiger partial charge < -0.3 is 29.8 Å². The Labute approximate surface area is 241 Å². The van der Waals surface area contributed by atoms with E-state index in [1.165, 1.54) is 0 Å². The van der Waals surface area contributed by atoms with Crippen molar-refractivity contribution in [2.24, 2.45) is 18.7 Å². The van der Waals surface area contributed by atoms with E-state index in [-0.39, 0.29) is 31.2 Å². The second kappa shape index (κ2) is 12.8. The number of nitrogens with zero attached hydrogens (tertiary/aromatic N) is 3. The lowest BCUT2D eigenvalue weighted by Crippen LogP contribution is -2.44. The molecule has 1 fully saturated rings. The van der Waals surface area contributed by atoms with Crippen molar-refractivity contribution in [1.82, 2.24) is 9.47 Å². The number of ether oxygens (including phenoxy) is 2. The van der Waals surface area contributed by atoms with Crippen molar-refractivity contribution in [3.8, 4) is 11.5 Å². The Kier molecular flexibility index (Phi) is 8.95. The van der Waals surface area contributed by atoms with E-state index >= 15 is 0 Å². The normalized spacial score (nSPS) is 19.9. The summed E-state index contributed by atoms with van der Waals surface area (Å²) in [5.41, 5.74) is 9.71. The van der Waals surface area contributed by atoms with E-state index in [0.29, 0.717) is 44.0 Å². The molecule has 3 heterocycles. The number of hydrogen-bond acceptors (Lipinski definition) is 6. The number of fused-ring (bicyclic) bond motifs is 1. The van der Waals surface area contributed by atoms with Crippen LogP contribution >= 0.6 is 0 Å². The number of aryl methyl sites for hydroxylation is 2. The van der Waals surface area contributed by atoms with Gasteiger partial charge in [0.05, 0.1) is 12.5 Å². The number of carboxylic acid groups (broad SMARTS) is 1. The Morgan fingerprint density at radius 2 is 1.93 bits per heavy atom.